The largest absolute Gasteiger partial charge is 0.493 e. The molecule has 6 nitrogen and oxygen atoms in total. The molecule has 3 aromatic carbocycles. The lowest BCUT2D eigenvalue weighted by Gasteiger charge is -2.37. The van der Waals surface area contributed by atoms with Gasteiger partial charge in [-0.05, 0) is 60.9 Å². The summed E-state index contributed by atoms with van der Waals surface area (Å²) < 4.78 is 12.3. The van der Waals surface area contributed by atoms with E-state index in [-0.39, 0.29) is 18.1 Å². The minimum absolute atomic E-state index is 0.0128. The summed E-state index contributed by atoms with van der Waals surface area (Å²) in [6.07, 6.45) is 0.775. The number of fused-ring (bicyclic) bond motifs is 1. The zero-order chi connectivity index (χ0) is 24.1. The summed E-state index contributed by atoms with van der Waals surface area (Å²) >= 11 is 6.45. The van der Waals surface area contributed by atoms with Crippen LogP contribution in [0.1, 0.15) is 36.1 Å². The first-order valence-corrected chi connectivity index (χ1v) is 11.8. The second-order valence-electron chi connectivity index (χ2n) is 8.62. The van der Waals surface area contributed by atoms with Crippen LogP contribution < -0.4 is 25.8 Å². The van der Waals surface area contributed by atoms with Crippen LogP contribution >= 0.6 is 11.6 Å². The highest BCUT2D eigenvalue weighted by molar-refractivity contribution is 6.31. The molecule has 0 aliphatic carbocycles. The van der Waals surface area contributed by atoms with Gasteiger partial charge in [0.1, 0.15) is 17.6 Å². The van der Waals surface area contributed by atoms with Crippen molar-refractivity contribution in [2.75, 3.05) is 18.1 Å². The Hall–Kier alpha value is -3.38. The van der Waals surface area contributed by atoms with Gasteiger partial charge in [0, 0.05) is 18.0 Å². The average Bonchev–Trinajstić information content (AvgIpc) is 2.81. The van der Waals surface area contributed by atoms with E-state index < -0.39 is 0 Å². The lowest BCUT2D eigenvalue weighted by Crippen LogP contribution is -2.40. The number of guanidine groups is 1. The number of ether oxygens (including phenoxy) is 2. The third-order valence-corrected chi connectivity index (χ3v) is 6.27. The van der Waals surface area contributed by atoms with Gasteiger partial charge in [-0.2, -0.15) is 0 Å². The maximum atomic E-state index is 6.45. The molecule has 4 N–H and O–H groups in total. The first-order chi connectivity index (χ1) is 16.4. The number of rotatable bonds is 8. The second-order valence-corrected chi connectivity index (χ2v) is 9.03. The lowest BCUT2D eigenvalue weighted by molar-refractivity contribution is 0.155. The van der Waals surface area contributed by atoms with Gasteiger partial charge in [-0.25, -0.2) is 4.99 Å². The molecule has 0 radical (unpaired) electrons. The first kappa shape index (κ1) is 23.8. The standard InChI is InChI=1S/C27H31ClN4O2/c1-18-7-12-26-25(15-18)32(16-21-5-3-4-6-24(21)28)17-23(34-26)13-14-33-22-10-8-20(9-11-22)19(2)31-27(29)30/h3-12,15,19,23H,13-14,16-17H2,1-2H3,(H4,29,30,31). The molecule has 0 bridgehead atoms. The number of aryl methyl sites for hydroxylation is 1. The maximum Gasteiger partial charge on any atom is 0.186 e. The molecule has 0 saturated heterocycles. The summed E-state index contributed by atoms with van der Waals surface area (Å²) in [7, 11) is 0. The van der Waals surface area contributed by atoms with Crippen LogP contribution in [0.4, 0.5) is 5.69 Å². The molecule has 34 heavy (non-hydrogen) atoms. The zero-order valence-corrected chi connectivity index (χ0v) is 20.3. The van der Waals surface area contributed by atoms with Crippen molar-refractivity contribution in [2.24, 2.45) is 16.5 Å². The molecule has 4 rings (SSSR count). The first-order valence-electron chi connectivity index (χ1n) is 11.5. The number of aliphatic imine (C=N–C) groups is 1. The van der Waals surface area contributed by atoms with Gasteiger partial charge in [-0.3, -0.25) is 0 Å². The summed E-state index contributed by atoms with van der Waals surface area (Å²) in [4.78, 5) is 6.51. The van der Waals surface area contributed by atoms with Crippen molar-refractivity contribution in [3.05, 3.63) is 88.4 Å². The molecule has 2 unspecified atom stereocenters. The third kappa shape index (κ3) is 5.94. The maximum absolute atomic E-state index is 6.45. The Bertz CT molecular complexity index is 1150. The minimum Gasteiger partial charge on any atom is -0.493 e. The van der Waals surface area contributed by atoms with Crippen molar-refractivity contribution in [3.8, 4) is 11.5 Å². The van der Waals surface area contributed by atoms with E-state index in [1.165, 1.54) is 5.56 Å². The number of anilines is 1. The Morgan fingerprint density at radius 1 is 1.15 bits per heavy atom. The quantitative estimate of drug-likeness (QED) is 0.342. The zero-order valence-electron chi connectivity index (χ0n) is 19.6. The molecule has 2 atom stereocenters. The van der Waals surface area contributed by atoms with Gasteiger partial charge in [0.15, 0.2) is 5.96 Å². The van der Waals surface area contributed by atoms with Gasteiger partial charge >= 0.3 is 0 Å². The summed E-state index contributed by atoms with van der Waals surface area (Å²) in [6, 6.07) is 22.0. The van der Waals surface area contributed by atoms with Gasteiger partial charge in [-0.1, -0.05) is 48.0 Å². The summed E-state index contributed by atoms with van der Waals surface area (Å²) in [5, 5.41) is 0.778. The average molecular weight is 479 g/mol. The highest BCUT2D eigenvalue weighted by atomic mass is 35.5. The summed E-state index contributed by atoms with van der Waals surface area (Å²) in [5.74, 6) is 1.79. The van der Waals surface area contributed by atoms with Gasteiger partial charge in [-0.15, -0.1) is 0 Å². The van der Waals surface area contributed by atoms with E-state index in [1.807, 2.05) is 55.5 Å². The van der Waals surface area contributed by atoms with Gasteiger partial charge in [0.25, 0.3) is 0 Å². The van der Waals surface area contributed by atoms with Crippen molar-refractivity contribution in [1.29, 1.82) is 0 Å². The Morgan fingerprint density at radius 3 is 2.65 bits per heavy atom. The fraction of sp³-hybridized carbons (Fsp3) is 0.296. The molecule has 0 amide bonds. The normalized spacial score (nSPS) is 15.7. The number of halogens is 1. The monoisotopic (exact) mass is 478 g/mol. The minimum atomic E-state index is -0.0949. The van der Waals surface area contributed by atoms with Crippen LogP contribution in [0.15, 0.2) is 71.7 Å². The van der Waals surface area contributed by atoms with Crippen molar-refractivity contribution in [1.82, 2.24) is 0 Å². The number of hydrogen-bond acceptors (Lipinski definition) is 4. The Morgan fingerprint density at radius 2 is 1.91 bits per heavy atom. The molecule has 0 saturated carbocycles. The SMILES string of the molecule is Cc1ccc2c(c1)N(Cc1ccccc1Cl)CC(CCOc1ccc(C(C)N=C(N)N)cc1)O2. The molecular formula is C27H31ClN4O2. The molecule has 1 aliphatic rings. The van der Waals surface area contributed by atoms with Gasteiger partial charge < -0.3 is 25.8 Å². The van der Waals surface area contributed by atoms with E-state index in [2.05, 4.69) is 35.0 Å². The molecule has 1 aliphatic heterocycles. The molecule has 178 valence electrons. The number of hydrogen-bond donors (Lipinski definition) is 2. The smallest absolute Gasteiger partial charge is 0.186 e. The van der Waals surface area contributed by atoms with Crippen LogP contribution in [0.5, 0.6) is 11.5 Å². The fourth-order valence-corrected chi connectivity index (χ4v) is 4.31. The van der Waals surface area contributed by atoms with Crippen LogP contribution in [0.25, 0.3) is 0 Å². The van der Waals surface area contributed by atoms with Crippen LogP contribution in [0.2, 0.25) is 5.02 Å². The van der Waals surface area contributed by atoms with E-state index in [9.17, 15) is 0 Å². The van der Waals surface area contributed by atoms with E-state index in [0.717, 1.165) is 52.8 Å². The van der Waals surface area contributed by atoms with E-state index >= 15 is 0 Å². The topological polar surface area (TPSA) is 86.1 Å². The van der Waals surface area contributed by atoms with E-state index in [0.29, 0.717) is 6.61 Å². The molecule has 1 heterocycles. The van der Waals surface area contributed by atoms with Crippen LogP contribution in [0.3, 0.4) is 0 Å². The predicted molar refractivity (Wildman–Crippen MR) is 139 cm³/mol. The Kier molecular flexibility index (Phi) is 7.48. The van der Waals surface area contributed by atoms with Crippen molar-refractivity contribution < 1.29 is 9.47 Å². The van der Waals surface area contributed by atoms with Crippen molar-refractivity contribution >= 4 is 23.2 Å². The molecule has 0 aromatic heterocycles. The van der Waals surface area contributed by atoms with Gasteiger partial charge in [0.2, 0.25) is 0 Å². The predicted octanol–water partition coefficient (Wildman–Crippen LogP) is 5.22. The van der Waals surface area contributed by atoms with Gasteiger partial charge in [0.05, 0.1) is 24.9 Å². The van der Waals surface area contributed by atoms with Crippen LogP contribution in [0, 0.1) is 6.92 Å². The van der Waals surface area contributed by atoms with Crippen molar-refractivity contribution in [2.45, 2.75) is 39.0 Å². The highest BCUT2D eigenvalue weighted by Crippen LogP contribution is 2.36. The van der Waals surface area contributed by atoms with Crippen LogP contribution in [-0.2, 0) is 6.54 Å². The summed E-state index contributed by atoms with van der Waals surface area (Å²) in [5.41, 5.74) is 15.4. The molecule has 0 spiro atoms. The van der Waals surface area contributed by atoms with Crippen LogP contribution in [-0.4, -0.2) is 25.2 Å². The Labute approximate surface area is 206 Å². The molecule has 3 aromatic rings. The number of nitrogens with zero attached hydrogens (tertiary/aromatic N) is 2. The van der Waals surface area contributed by atoms with E-state index in [1.54, 1.807) is 0 Å². The molecule has 7 heteroatoms. The third-order valence-electron chi connectivity index (χ3n) is 5.91. The van der Waals surface area contributed by atoms with Crippen molar-refractivity contribution in [3.63, 3.8) is 0 Å². The summed E-state index contributed by atoms with van der Waals surface area (Å²) in [6.45, 7) is 6.09. The number of nitrogens with two attached hydrogens (primary N) is 2. The Balaban J connectivity index is 1.39. The fourth-order valence-electron chi connectivity index (χ4n) is 4.12. The number of benzene rings is 3. The lowest BCUT2D eigenvalue weighted by atomic mass is 10.1. The second kappa shape index (κ2) is 10.7. The molecule has 0 fully saturated rings. The van der Waals surface area contributed by atoms with E-state index in [4.69, 9.17) is 32.5 Å². The molecular weight excluding hydrogens is 448 g/mol. The highest BCUT2D eigenvalue weighted by Gasteiger charge is 2.26.